The Kier molecular flexibility index (Phi) is 5.89. The molecule has 0 spiro atoms. The predicted octanol–water partition coefficient (Wildman–Crippen LogP) is 2.22. The summed E-state index contributed by atoms with van der Waals surface area (Å²) in [5, 5.41) is 3.02. The number of nitrogens with zero attached hydrogens (tertiary/aromatic N) is 1. The van der Waals surface area contributed by atoms with Crippen LogP contribution in [0.2, 0.25) is 0 Å². The standard InChI is InChI=1S/C16H24N2O/c19-16(17-11-14-18-12-4-5-13-18)10-6-9-15-7-2-1-3-8-15/h1-3,7-8H,4-6,9-14H2,(H,17,19). The third kappa shape index (κ3) is 5.43. The van der Waals surface area contributed by atoms with Gasteiger partial charge in [0.1, 0.15) is 0 Å². The molecule has 0 radical (unpaired) electrons. The molecule has 0 saturated carbocycles. The van der Waals surface area contributed by atoms with Crippen LogP contribution >= 0.6 is 0 Å². The van der Waals surface area contributed by atoms with Crippen molar-refractivity contribution in [2.24, 2.45) is 0 Å². The molecule has 0 atom stereocenters. The van der Waals surface area contributed by atoms with Crippen molar-refractivity contribution in [3.05, 3.63) is 35.9 Å². The zero-order chi connectivity index (χ0) is 13.3. The van der Waals surface area contributed by atoms with Gasteiger partial charge < -0.3 is 10.2 Å². The third-order valence-electron chi connectivity index (χ3n) is 3.66. The second-order valence-electron chi connectivity index (χ2n) is 5.24. The number of aryl methyl sites for hydroxylation is 1. The lowest BCUT2D eigenvalue weighted by atomic mass is 10.1. The van der Waals surface area contributed by atoms with Gasteiger partial charge in [-0.1, -0.05) is 30.3 Å². The van der Waals surface area contributed by atoms with E-state index in [1.54, 1.807) is 0 Å². The molecule has 0 unspecified atom stereocenters. The summed E-state index contributed by atoms with van der Waals surface area (Å²) in [5.41, 5.74) is 1.31. The number of hydrogen-bond acceptors (Lipinski definition) is 2. The summed E-state index contributed by atoms with van der Waals surface area (Å²) in [7, 11) is 0. The van der Waals surface area contributed by atoms with Gasteiger partial charge in [-0.15, -0.1) is 0 Å². The van der Waals surface area contributed by atoms with Crippen molar-refractivity contribution in [2.45, 2.75) is 32.1 Å². The van der Waals surface area contributed by atoms with Gasteiger partial charge in [-0.3, -0.25) is 4.79 Å². The Labute approximate surface area is 116 Å². The van der Waals surface area contributed by atoms with Crippen LogP contribution in [0, 0.1) is 0 Å². The molecule has 0 aromatic heterocycles. The summed E-state index contributed by atoms with van der Waals surface area (Å²) < 4.78 is 0. The van der Waals surface area contributed by atoms with Crippen LogP contribution in [0.3, 0.4) is 0 Å². The zero-order valence-electron chi connectivity index (χ0n) is 11.6. The van der Waals surface area contributed by atoms with E-state index in [4.69, 9.17) is 0 Å². The SMILES string of the molecule is O=C(CCCc1ccccc1)NCCN1CCCC1. The molecule has 0 bridgehead atoms. The molecule has 1 aromatic rings. The van der Waals surface area contributed by atoms with Crippen LogP contribution < -0.4 is 5.32 Å². The van der Waals surface area contributed by atoms with Gasteiger partial charge in [-0.2, -0.15) is 0 Å². The Balaban J connectivity index is 1.52. The molecular weight excluding hydrogens is 236 g/mol. The molecule has 1 amide bonds. The normalized spacial score (nSPS) is 15.6. The molecule has 2 rings (SSSR count). The van der Waals surface area contributed by atoms with Crippen molar-refractivity contribution in [1.29, 1.82) is 0 Å². The molecule has 104 valence electrons. The maximum atomic E-state index is 11.7. The molecular formula is C16H24N2O. The van der Waals surface area contributed by atoms with Gasteiger partial charge in [-0.25, -0.2) is 0 Å². The van der Waals surface area contributed by atoms with E-state index in [1.165, 1.54) is 31.5 Å². The van der Waals surface area contributed by atoms with Crippen molar-refractivity contribution in [3.63, 3.8) is 0 Å². The summed E-state index contributed by atoms with van der Waals surface area (Å²) in [5.74, 6) is 0.190. The van der Waals surface area contributed by atoms with Gasteiger partial charge in [0.05, 0.1) is 0 Å². The van der Waals surface area contributed by atoms with E-state index in [-0.39, 0.29) is 5.91 Å². The average molecular weight is 260 g/mol. The number of hydrogen-bond donors (Lipinski definition) is 1. The number of nitrogens with one attached hydrogen (secondary N) is 1. The van der Waals surface area contributed by atoms with E-state index < -0.39 is 0 Å². The molecule has 1 fully saturated rings. The molecule has 1 aromatic carbocycles. The highest BCUT2D eigenvalue weighted by molar-refractivity contribution is 5.75. The van der Waals surface area contributed by atoms with Gasteiger partial charge in [-0.05, 0) is 44.3 Å². The van der Waals surface area contributed by atoms with Crippen LogP contribution in [0.15, 0.2) is 30.3 Å². The quantitative estimate of drug-likeness (QED) is 0.815. The first kappa shape index (κ1) is 14.1. The van der Waals surface area contributed by atoms with Gasteiger partial charge >= 0.3 is 0 Å². The largest absolute Gasteiger partial charge is 0.355 e. The van der Waals surface area contributed by atoms with E-state index in [1.807, 2.05) is 18.2 Å². The third-order valence-corrected chi connectivity index (χ3v) is 3.66. The van der Waals surface area contributed by atoms with Crippen molar-refractivity contribution >= 4 is 5.91 Å². The fourth-order valence-electron chi connectivity index (χ4n) is 2.55. The van der Waals surface area contributed by atoms with Gasteiger partial charge in [0, 0.05) is 19.5 Å². The molecule has 1 heterocycles. The molecule has 0 aliphatic carbocycles. The molecule has 3 heteroatoms. The topological polar surface area (TPSA) is 32.3 Å². The Morgan fingerprint density at radius 1 is 1.16 bits per heavy atom. The highest BCUT2D eigenvalue weighted by atomic mass is 16.1. The van der Waals surface area contributed by atoms with E-state index >= 15 is 0 Å². The summed E-state index contributed by atoms with van der Waals surface area (Å²) in [6, 6.07) is 10.3. The first-order valence-electron chi connectivity index (χ1n) is 7.37. The second-order valence-corrected chi connectivity index (χ2v) is 5.24. The van der Waals surface area contributed by atoms with E-state index in [9.17, 15) is 4.79 Å². The van der Waals surface area contributed by atoms with Crippen LogP contribution in [0.25, 0.3) is 0 Å². The van der Waals surface area contributed by atoms with Crippen molar-refractivity contribution < 1.29 is 4.79 Å². The van der Waals surface area contributed by atoms with E-state index in [0.717, 1.165) is 25.9 Å². The first-order valence-corrected chi connectivity index (χ1v) is 7.37. The fourth-order valence-corrected chi connectivity index (χ4v) is 2.55. The minimum absolute atomic E-state index is 0.190. The second kappa shape index (κ2) is 7.95. The molecule has 3 nitrogen and oxygen atoms in total. The molecule has 1 saturated heterocycles. The number of benzene rings is 1. The minimum Gasteiger partial charge on any atom is -0.355 e. The lowest BCUT2D eigenvalue weighted by molar-refractivity contribution is -0.121. The number of carbonyl (C=O) groups is 1. The monoisotopic (exact) mass is 260 g/mol. The zero-order valence-corrected chi connectivity index (χ0v) is 11.6. The average Bonchev–Trinajstić information content (AvgIpc) is 2.93. The highest BCUT2D eigenvalue weighted by Crippen LogP contribution is 2.06. The van der Waals surface area contributed by atoms with E-state index in [0.29, 0.717) is 6.42 Å². The van der Waals surface area contributed by atoms with Gasteiger partial charge in [0.2, 0.25) is 5.91 Å². The first-order chi connectivity index (χ1) is 9.34. The number of amides is 1. The van der Waals surface area contributed by atoms with Crippen molar-refractivity contribution in [1.82, 2.24) is 10.2 Å². The van der Waals surface area contributed by atoms with Crippen LogP contribution in [0.4, 0.5) is 0 Å². The fraction of sp³-hybridized carbons (Fsp3) is 0.562. The minimum atomic E-state index is 0.190. The maximum Gasteiger partial charge on any atom is 0.220 e. The Morgan fingerprint density at radius 3 is 2.63 bits per heavy atom. The molecule has 1 aliphatic rings. The number of likely N-dealkylation sites (tertiary alicyclic amines) is 1. The van der Waals surface area contributed by atoms with Crippen LogP contribution in [0.5, 0.6) is 0 Å². The lowest BCUT2D eigenvalue weighted by Gasteiger charge is -2.14. The number of rotatable bonds is 7. The number of carbonyl (C=O) groups excluding carboxylic acids is 1. The summed E-state index contributed by atoms with van der Waals surface area (Å²) in [6.45, 7) is 4.20. The Hall–Kier alpha value is -1.35. The van der Waals surface area contributed by atoms with Crippen LogP contribution in [-0.2, 0) is 11.2 Å². The van der Waals surface area contributed by atoms with Crippen LogP contribution in [-0.4, -0.2) is 37.0 Å². The maximum absolute atomic E-state index is 11.7. The summed E-state index contributed by atoms with van der Waals surface area (Å²) in [4.78, 5) is 14.1. The lowest BCUT2D eigenvalue weighted by Crippen LogP contribution is -2.33. The van der Waals surface area contributed by atoms with E-state index in [2.05, 4.69) is 22.3 Å². The highest BCUT2D eigenvalue weighted by Gasteiger charge is 2.10. The van der Waals surface area contributed by atoms with Gasteiger partial charge in [0.25, 0.3) is 0 Å². The molecule has 1 aliphatic heterocycles. The molecule has 1 N–H and O–H groups in total. The Bertz CT molecular complexity index is 372. The smallest absolute Gasteiger partial charge is 0.220 e. The Morgan fingerprint density at radius 2 is 1.89 bits per heavy atom. The molecule has 19 heavy (non-hydrogen) atoms. The van der Waals surface area contributed by atoms with Crippen LogP contribution in [0.1, 0.15) is 31.2 Å². The van der Waals surface area contributed by atoms with Crippen molar-refractivity contribution in [3.8, 4) is 0 Å². The van der Waals surface area contributed by atoms with Crippen molar-refractivity contribution in [2.75, 3.05) is 26.2 Å². The summed E-state index contributed by atoms with van der Waals surface area (Å²) >= 11 is 0. The predicted molar refractivity (Wildman–Crippen MR) is 78.1 cm³/mol. The van der Waals surface area contributed by atoms with Gasteiger partial charge in [0.15, 0.2) is 0 Å². The summed E-state index contributed by atoms with van der Waals surface area (Å²) in [6.07, 6.45) is 5.17.